The van der Waals surface area contributed by atoms with Gasteiger partial charge >= 0.3 is 0 Å². The second-order valence-electron chi connectivity index (χ2n) is 4.97. The number of nitrogens with two attached hydrogens (primary N) is 1. The molecule has 0 atom stereocenters. The number of piperidine rings is 1. The van der Waals surface area contributed by atoms with Crippen LogP contribution in [0.25, 0.3) is 0 Å². The third-order valence-corrected chi connectivity index (χ3v) is 2.04. The Balaban J connectivity index is 0.000000557. The summed E-state index contributed by atoms with van der Waals surface area (Å²) in [5.41, 5.74) is 4.89. The topological polar surface area (TPSA) is 84.2 Å². The van der Waals surface area contributed by atoms with Crippen LogP contribution in [0.2, 0.25) is 0 Å². The fraction of sp³-hybridized carbons (Fsp3) is 0.833. The number of carbonyl (C=O) groups excluding carboxylic acids is 2. The van der Waals surface area contributed by atoms with Crippen molar-refractivity contribution in [2.24, 2.45) is 11.7 Å². The van der Waals surface area contributed by atoms with Crippen LogP contribution in [0.3, 0.4) is 0 Å². The summed E-state index contributed by atoms with van der Waals surface area (Å²) < 4.78 is 0. The Labute approximate surface area is 104 Å². The van der Waals surface area contributed by atoms with Crippen molar-refractivity contribution in [3.63, 3.8) is 0 Å². The van der Waals surface area contributed by atoms with E-state index in [1.54, 1.807) is 0 Å². The molecule has 0 saturated carbocycles. The summed E-state index contributed by atoms with van der Waals surface area (Å²) in [7, 11) is 0. The van der Waals surface area contributed by atoms with E-state index in [2.05, 4.69) is 31.4 Å². The molecule has 0 unspecified atom stereocenters. The smallest absolute Gasteiger partial charge is 0.229 e. The van der Waals surface area contributed by atoms with Crippen molar-refractivity contribution in [3.8, 4) is 0 Å². The van der Waals surface area contributed by atoms with Crippen LogP contribution in [-0.2, 0) is 9.59 Å². The van der Waals surface area contributed by atoms with Gasteiger partial charge in [0.2, 0.25) is 11.8 Å². The average Bonchev–Trinajstić information content (AvgIpc) is 2.16. The maximum absolute atomic E-state index is 11.1. The fourth-order valence-corrected chi connectivity index (χ4v) is 1.40. The van der Waals surface area contributed by atoms with E-state index in [1.165, 1.54) is 0 Å². The summed E-state index contributed by atoms with van der Waals surface area (Å²) >= 11 is 0. The van der Waals surface area contributed by atoms with Crippen molar-refractivity contribution < 1.29 is 9.59 Å². The molecule has 0 aliphatic carbocycles. The van der Waals surface area contributed by atoms with Gasteiger partial charge in [0.1, 0.15) is 6.42 Å². The van der Waals surface area contributed by atoms with Crippen LogP contribution in [-0.4, -0.2) is 30.9 Å². The number of hydrogen-bond donors (Lipinski definition) is 3. The van der Waals surface area contributed by atoms with Crippen molar-refractivity contribution in [1.82, 2.24) is 10.6 Å². The maximum atomic E-state index is 11.1. The van der Waals surface area contributed by atoms with Crippen molar-refractivity contribution in [2.75, 3.05) is 13.1 Å². The lowest BCUT2D eigenvalue weighted by Crippen LogP contribution is -2.43. The van der Waals surface area contributed by atoms with Crippen molar-refractivity contribution in [1.29, 1.82) is 0 Å². The first-order chi connectivity index (χ1) is 7.91. The Kier molecular flexibility index (Phi) is 8.40. The quantitative estimate of drug-likeness (QED) is 0.627. The highest BCUT2D eigenvalue weighted by atomic mass is 16.2. The number of hydrogen-bond acceptors (Lipinski definition) is 3. The molecule has 0 radical (unpaired) electrons. The summed E-state index contributed by atoms with van der Waals surface area (Å²) in [6, 6.07) is 0.202. The normalized spacial score (nSPS) is 16.0. The van der Waals surface area contributed by atoms with Gasteiger partial charge in [0.15, 0.2) is 0 Å². The van der Waals surface area contributed by atoms with Crippen LogP contribution in [0.15, 0.2) is 0 Å². The van der Waals surface area contributed by atoms with Gasteiger partial charge in [0.05, 0.1) is 0 Å². The lowest BCUT2D eigenvalue weighted by atomic mass is 10.1. The maximum Gasteiger partial charge on any atom is 0.229 e. The second-order valence-corrected chi connectivity index (χ2v) is 4.97. The standard InChI is InChI=1S/C8H15N3O2.C4H10/c9-7(12)5-8(13)11-6-1-3-10-4-2-6;1-4(2)3/h6,10H,1-5H2,(H2,9,12)(H,11,13);4H,1-3H3. The van der Waals surface area contributed by atoms with E-state index in [-0.39, 0.29) is 18.4 Å². The molecule has 1 rings (SSSR count). The molecule has 0 aromatic carbocycles. The van der Waals surface area contributed by atoms with Gasteiger partial charge in [-0.2, -0.15) is 0 Å². The summed E-state index contributed by atoms with van der Waals surface area (Å²) in [5, 5.41) is 5.96. The number of primary amides is 1. The van der Waals surface area contributed by atoms with Gasteiger partial charge < -0.3 is 16.4 Å². The minimum Gasteiger partial charge on any atom is -0.369 e. The molecule has 0 spiro atoms. The molecule has 1 fully saturated rings. The molecule has 0 aromatic rings. The molecule has 1 heterocycles. The predicted molar refractivity (Wildman–Crippen MR) is 68.4 cm³/mol. The fourth-order valence-electron chi connectivity index (χ4n) is 1.40. The van der Waals surface area contributed by atoms with Crippen molar-refractivity contribution in [2.45, 2.75) is 46.1 Å². The zero-order chi connectivity index (χ0) is 13.3. The van der Waals surface area contributed by atoms with Gasteiger partial charge in [-0.3, -0.25) is 9.59 Å². The molecule has 1 aliphatic heterocycles. The minimum atomic E-state index is -0.577. The molecule has 2 amide bonds. The molecular formula is C12H25N3O2. The highest BCUT2D eigenvalue weighted by molar-refractivity contribution is 5.96. The van der Waals surface area contributed by atoms with E-state index in [0.717, 1.165) is 31.8 Å². The number of rotatable bonds is 3. The van der Waals surface area contributed by atoms with E-state index in [0.29, 0.717) is 0 Å². The third kappa shape index (κ3) is 11.2. The molecule has 0 bridgehead atoms. The number of carbonyl (C=O) groups is 2. The Morgan fingerprint density at radius 1 is 1.29 bits per heavy atom. The molecule has 17 heavy (non-hydrogen) atoms. The van der Waals surface area contributed by atoms with Gasteiger partial charge in [-0.15, -0.1) is 0 Å². The van der Waals surface area contributed by atoms with Crippen LogP contribution in [0, 0.1) is 5.92 Å². The Bertz CT molecular complexity index is 233. The lowest BCUT2D eigenvalue weighted by molar-refractivity contribution is -0.128. The molecule has 1 saturated heterocycles. The Morgan fingerprint density at radius 3 is 2.18 bits per heavy atom. The molecule has 5 heteroatoms. The van der Waals surface area contributed by atoms with E-state index in [1.807, 2.05) is 0 Å². The highest BCUT2D eigenvalue weighted by Crippen LogP contribution is 2.01. The minimum absolute atomic E-state index is 0.202. The monoisotopic (exact) mass is 243 g/mol. The van der Waals surface area contributed by atoms with Crippen LogP contribution >= 0.6 is 0 Å². The average molecular weight is 243 g/mol. The SMILES string of the molecule is CC(C)C.NC(=O)CC(=O)NC1CCNCC1. The van der Waals surface area contributed by atoms with Crippen LogP contribution in [0.5, 0.6) is 0 Å². The van der Waals surface area contributed by atoms with Gasteiger partial charge in [0, 0.05) is 6.04 Å². The Morgan fingerprint density at radius 2 is 1.76 bits per heavy atom. The first kappa shape index (κ1) is 15.9. The van der Waals surface area contributed by atoms with Gasteiger partial charge in [-0.25, -0.2) is 0 Å². The summed E-state index contributed by atoms with van der Waals surface area (Å²) in [6.45, 7) is 8.34. The van der Waals surface area contributed by atoms with E-state index in [4.69, 9.17) is 5.73 Å². The van der Waals surface area contributed by atoms with E-state index >= 15 is 0 Å². The highest BCUT2D eigenvalue weighted by Gasteiger charge is 2.15. The van der Waals surface area contributed by atoms with Gasteiger partial charge in [0.25, 0.3) is 0 Å². The molecule has 5 nitrogen and oxygen atoms in total. The molecule has 1 aliphatic rings. The molecule has 0 aromatic heterocycles. The van der Waals surface area contributed by atoms with Crippen LogP contribution in [0.1, 0.15) is 40.0 Å². The molecular weight excluding hydrogens is 218 g/mol. The van der Waals surface area contributed by atoms with Gasteiger partial charge in [-0.1, -0.05) is 20.8 Å². The van der Waals surface area contributed by atoms with E-state index in [9.17, 15) is 9.59 Å². The predicted octanol–water partition coefficient (Wildman–Crippen LogP) is 0.392. The van der Waals surface area contributed by atoms with Crippen molar-refractivity contribution >= 4 is 11.8 Å². The molecule has 100 valence electrons. The first-order valence-electron chi connectivity index (χ1n) is 6.20. The lowest BCUT2D eigenvalue weighted by Gasteiger charge is -2.23. The summed E-state index contributed by atoms with van der Waals surface area (Å²) in [5.74, 6) is -0.00849. The van der Waals surface area contributed by atoms with Crippen molar-refractivity contribution in [3.05, 3.63) is 0 Å². The summed E-state index contributed by atoms with van der Waals surface area (Å²) in [4.78, 5) is 21.5. The Hall–Kier alpha value is -1.10. The zero-order valence-corrected chi connectivity index (χ0v) is 11.1. The second kappa shape index (κ2) is 8.98. The third-order valence-electron chi connectivity index (χ3n) is 2.04. The number of amides is 2. The van der Waals surface area contributed by atoms with E-state index < -0.39 is 5.91 Å². The van der Waals surface area contributed by atoms with Crippen LogP contribution < -0.4 is 16.4 Å². The molecule has 4 N–H and O–H groups in total. The van der Waals surface area contributed by atoms with Crippen LogP contribution in [0.4, 0.5) is 0 Å². The zero-order valence-electron chi connectivity index (χ0n) is 11.1. The largest absolute Gasteiger partial charge is 0.369 e. The first-order valence-corrected chi connectivity index (χ1v) is 6.20. The summed E-state index contributed by atoms with van der Waals surface area (Å²) in [6.07, 6.45) is 1.64. The number of nitrogens with one attached hydrogen (secondary N) is 2. The van der Waals surface area contributed by atoms with Gasteiger partial charge in [-0.05, 0) is 31.8 Å².